The topological polar surface area (TPSA) is 68.5 Å². The van der Waals surface area contributed by atoms with Gasteiger partial charge in [0.25, 0.3) is 5.91 Å². The number of fused-ring (bicyclic) bond motifs is 1. The van der Waals surface area contributed by atoms with Crippen molar-refractivity contribution in [1.29, 1.82) is 0 Å². The van der Waals surface area contributed by atoms with Crippen molar-refractivity contribution in [2.45, 2.75) is 70.9 Å². The number of ketones is 1. The van der Waals surface area contributed by atoms with Crippen LogP contribution in [0.2, 0.25) is 0 Å². The predicted octanol–water partition coefficient (Wildman–Crippen LogP) is 3.18. The lowest BCUT2D eigenvalue weighted by Gasteiger charge is -2.15. The maximum Gasteiger partial charge on any atom is 0.287 e. The average molecular weight is 319 g/mol. The lowest BCUT2D eigenvalue weighted by atomic mass is 9.94. The Morgan fingerprint density at radius 2 is 2.17 bits per heavy atom. The van der Waals surface area contributed by atoms with Crippen LogP contribution >= 0.6 is 0 Å². The van der Waals surface area contributed by atoms with Crippen LogP contribution in [0.3, 0.4) is 0 Å². The number of carbonyl (C=O) groups is 2. The van der Waals surface area contributed by atoms with Crippen molar-refractivity contribution in [3.8, 4) is 0 Å². The van der Waals surface area contributed by atoms with E-state index in [1.165, 1.54) is 0 Å². The van der Waals surface area contributed by atoms with Crippen LogP contribution in [-0.2, 0) is 11.2 Å². The third-order valence-corrected chi connectivity index (χ3v) is 4.84. The molecule has 0 spiro atoms. The molecule has 1 N–H and O–H groups in total. The molecule has 5 nitrogen and oxygen atoms in total. The standard InChI is InChI=1S/C18H25NO4/c1-11(8-9-13-5-4-10-22-13)19-18(21)17-12(2)16-14(20)6-3-7-15(16)23-17/h11,13H,3-10H2,1-2H3,(H,19,21)/t11-,13+/m1/s1. The fourth-order valence-electron chi connectivity index (χ4n) is 3.53. The average Bonchev–Trinajstić information content (AvgIpc) is 3.14. The third kappa shape index (κ3) is 3.50. The minimum absolute atomic E-state index is 0.0592. The summed E-state index contributed by atoms with van der Waals surface area (Å²) in [5.41, 5.74) is 1.32. The van der Waals surface area contributed by atoms with E-state index < -0.39 is 0 Å². The molecule has 1 aliphatic carbocycles. The molecule has 0 unspecified atom stereocenters. The molecule has 1 fully saturated rings. The maximum absolute atomic E-state index is 12.4. The third-order valence-electron chi connectivity index (χ3n) is 4.84. The molecule has 0 saturated carbocycles. The summed E-state index contributed by atoms with van der Waals surface area (Å²) >= 11 is 0. The van der Waals surface area contributed by atoms with Gasteiger partial charge >= 0.3 is 0 Å². The molecule has 1 aromatic heterocycles. The maximum atomic E-state index is 12.4. The zero-order valence-corrected chi connectivity index (χ0v) is 13.9. The van der Waals surface area contributed by atoms with Crippen LogP contribution in [0.4, 0.5) is 0 Å². The number of hydrogen-bond donors (Lipinski definition) is 1. The molecule has 2 aliphatic rings. The number of furan rings is 1. The van der Waals surface area contributed by atoms with Crippen LogP contribution in [-0.4, -0.2) is 30.4 Å². The summed E-state index contributed by atoms with van der Waals surface area (Å²) in [6.07, 6.45) is 6.53. The van der Waals surface area contributed by atoms with Crippen molar-refractivity contribution in [3.05, 3.63) is 22.6 Å². The van der Waals surface area contributed by atoms with Gasteiger partial charge in [-0.3, -0.25) is 9.59 Å². The van der Waals surface area contributed by atoms with Gasteiger partial charge in [0.15, 0.2) is 11.5 Å². The van der Waals surface area contributed by atoms with Crippen LogP contribution in [0.5, 0.6) is 0 Å². The quantitative estimate of drug-likeness (QED) is 0.905. The molecule has 3 rings (SSSR count). The monoisotopic (exact) mass is 319 g/mol. The SMILES string of the molecule is Cc1c(C(=O)N[C@H](C)CC[C@@H]2CCCO2)oc2c1C(=O)CCC2. The van der Waals surface area contributed by atoms with Gasteiger partial charge in [-0.15, -0.1) is 0 Å². The first kappa shape index (κ1) is 16.2. The van der Waals surface area contributed by atoms with Crippen LogP contribution in [0.25, 0.3) is 0 Å². The second-order valence-electron chi connectivity index (χ2n) is 6.72. The minimum atomic E-state index is -0.218. The Hall–Kier alpha value is -1.62. The number of ether oxygens (including phenoxy) is 1. The molecule has 126 valence electrons. The first-order valence-corrected chi connectivity index (χ1v) is 8.64. The molecule has 2 atom stereocenters. The first-order chi connectivity index (χ1) is 11.1. The van der Waals surface area contributed by atoms with Gasteiger partial charge in [-0.1, -0.05) is 0 Å². The van der Waals surface area contributed by atoms with Crippen LogP contribution in [0, 0.1) is 6.92 Å². The lowest BCUT2D eigenvalue weighted by Crippen LogP contribution is -2.33. The lowest BCUT2D eigenvalue weighted by molar-refractivity contribution is 0.0874. The van der Waals surface area contributed by atoms with E-state index in [2.05, 4.69) is 5.32 Å². The van der Waals surface area contributed by atoms with E-state index in [1.54, 1.807) is 6.92 Å². The van der Waals surface area contributed by atoms with Crippen molar-refractivity contribution in [2.24, 2.45) is 0 Å². The molecule has 0 bridgehead atoms. The Balaban J connectivity index is 1.60. The van der Waals surface area contributed by atoms with Crippen molar-refractivity contribution in [3.63, 3.8) is 0 Å². The summed E-state index contributed by atoms with van der Waals surface area (Å²) in [4.78, 5) is 24.5. The Morgan fingerprint density at radius 3 is 2.87 bits per heavy atom. The van der Waals surface area contributed by atoms with Crippen molar-refractivity contribution in [2.75, 3.05) is 6.61 Å². The molecule has 1 aliphatic heterocycles. The summed E-state index contributed by atoms with van der Waals surface area (Å²) in [5.74, 6) is 0.854. The van der Waals surface area contributed by atoms with Crippen molar-refractivity contribution in [1.82, 2.24) is 5.32 Å². The molecule has 1 aromatic rings. The number of carbonyl (C=O) groups excluding carboxylic acids is 2. The number of amides is 1. The summed E-state index contributed by atoms with van der Waals surface area (Å²) < 4.78 is 11.3. The summed E-state index contributed by atoms with van der Waals surface area (Å²) in [5, 5.41) is 2.99. The number of hydrogen-bond acceptors (Lipinski definition) is 4. The highest BCUT2D eigenvalue weighted by atomic mass is 16.5. The van der Waals surface area contributed by atoms with E-state index in [0.717, 1.165) is 45.1 Å². The molecule has 0 aromatic carbocycles. The van der Waals surface area contributed by atoms with E-state index in [0.29, 0.717) is 35.2 Å². The van der Waals surface area contributed by atoms with Crippen LogP contribution < -0.4 is 5.32 Å². The number of aryl methyl sites for hydroxylation is 1. The van der Waals surface area contributed by atoms with E-state index >= 15 is 0 Å². The summed E-state index contributed by atoms with van der Waals surface area (Å²) in [7, 11) is 0. The van der Waals surface area contributed by atoms with E-state index in [4.69, 9.17) is 9.15 Å². The van der Waals surface area contributed by atoms with Crippen molar-refractivity contribution >= 4 is 11.7 Å². The molecule has 5 heteroatoms. The van der Waals surface area contributed by atoms with Gasteiger partial charge in [-0.2, -0.15) is 0 Å². The predicted molar refractivity (Wildman–Crippen MR) is 85.8 cm³/mol. The number of rotatable bonds is 5. The van der Waals surface area contributed by atoms with Gasteiger partial charge in [-0.05, 0) is 46.0 Å². The Bertz CT molecular complexity index is 598. The van der Waals surface area contributed by atoms with E-state index in [1.807, 2.05) is 6.92 Å². The molecule has 23 heavy (non-hydrogen) atoms. The summed E-state index contributed by atoms with van der Waals surface area (Å²) in [6, 6.07) is 0.0592. The molecule has 1 saturated heterocycles. The second-order valence-corrected chi connectivity index (χ2v) is 6.72. The molecule has 2 heterocycles. The van der Waals surface area contributed by atoms with Gasteiger partial charge in [0.05, 0.1) is 11.7 Å². The van der Waals surface area contributed by atoms with E-state index in [9.17, 15) is 9.59 Å². The minimum Gasteiger partial charge on any atom is -0.455 e. The fraction of sp³-hybridized carbons (Fsp3) is 0.667. The number of Topliss-reactive ketones (excluding diaryl/α,β-unsaturated/α-hetero) is 1. The summed E-state index contributed by atoms with van der Waals surface area (Å²) in [6.45, 7) is 4.66. The fourth-order valence-corrected chi connectivity index (χ4v) is 3.53. The molecular weight excluding hydrogens is 294 g/mol. The molecular formula is C18H25NO4. The Kier molecular flexibility index (Phi) is 4.85. The highest BCUT2D eigenvalue weighted by molar-refractivity contribution is 6.03. The molecule has 0 radical (unpaired) electrons. The van der Waals surface area contributed by atoms with Gasteiger partial charge < -0.3 is 14.5 Å². The van der Waals surface area contributed by atoms with E-state index in [-0.39, 0.29) is 17.7 Å². The first-order valence-electron chi connectivity index (χ1n) is 8.64. The second kappa shape index (κ2) is 6.87. The Labute approximate surface area is 136 Å². The zero-order chi connectivity index (χ0) is 16.4. The molecule has 1 amide bonds. The highest BCUT2D eigenvalue weighted by Crippen LogP contribution is 2.29. The smallest absolute Gasteiger partial charge is 0.287 e. The zero-order valence-electron chi connectivity index (χ0n) is 13.9. The van der Waals surface area contributed by atoms with Gasteiger partial charge in [0.2, 0.25) is 0 Å². The Morgan fingerprint density at radius 1 is 1.35 bits per heavy atom. The van der Waals surface area contributed by atoms with Crippen molar-refractivity contribution < 1.29 is 18.7 Å². The van der Waals surface area contributed by atoms with Gasteiger partial charge in [0.1, 0.15) is 5.76 Å². The normalized spacial score (nSPS) is 22.0. The van der Waals surface area contributed by atoms with Crippen LogP contribution in [0.15, 0.2) is 4.42 Å². The van der Waals surface area contributed by atoms with Gasteiger partial charge in [0, 0.05) is 31.1 Å². The number of nitrogens with one attached hydrogen (secondary N) is 1. The highest BCUT2D eigenvalue weighted by Gasteiger charge is 2.29. The van der Waals surface area contributed by atoms with Gasteiger partial charge in [-0.25, -0.2) is 0 Å². The largest absolute Gasteiger partial charge is 0.455 e. The van der Waals surface area contributed by atoms with Crippen LogP contribution in [0.1, 0.15) is 77.7 Å².